The van der Waals surface area contributed by atoms with Gasteiger partial charge in [0.1, 0.15) is 5.75 Å². The fourth-order valence-electron chi connectivity index (χ4n) is 4.62. The first-order chi connectivity index (χ1) is 14.1. The SMILES string of the molecule is CCCCCCc1cccc(C(C)(CC)c2ccccc2O)c1CCCCCC. The number of hydrogen-bond donors (Lipinski definition) is 1. The Morgan fingerprint density at radius 3 is 1.93 bits per heavy atom. The summed E-state index contributed by atoms with van der Waals surface area (Å²) in [6, 6.07) is 14.8. The molecule has 1 nitrogen and oxygen atoms in total. The van der Waals surface area contributed by atoms with Crippen molar-refractivity contribution < 1.29 is 5.11 Å². The molecular formula is C28H42O. The summed E-state index contributed by atoms with van der Waals surface area (Å²) in [6.45, 7) is 9.12. The van der Waals surface area contributed by atoms with Gasteiger partial charge in [-0.2, -0.15) is 0 Å². The molecule has 0 aromatic heterocycles. The third kappa shape index (κ3) is 6.11. The minimum absolute atomic E-state index is 0.162. The average molecular weight is 395 g/mol. The van der Waals surface area contributed by atoms with Gasteiger partial charge in [0.15, 0.2) is 0 Å². The van der Waals surface area contributed by atoms with E-state index in [1.807, 2.05) is 12.1 Å². The summed E-state index contributed by atoms with van der Waals surface area (Å²) in [4.78, 5) is 0. The maximum Gasteiger partial charge on any atom is 0.119 e. The Bertz CT molecular complexity index is 733. The van der Waals surface area contributed by atoms with Crippen LogP contribution in [0.25, 0.3) is 0 Å². The van der Waals surface area contributed by atoms with Crippen LogP contribution in [0.4, 0.5) is 0 Å². The van der Waals surface area contributed by atoms with Crippen LogP contribution in [0.1, 0.15) is 108 Å². The Balaban J connectivity index is 2.43. The van der Waals surface area contributed by atoms with Crippen molar-refractivity contribution in [3.8, 4) is 5.75 Å². The molecule has 0 aliphatic heterocycles. The summed E-state index contributed by atoms with van der Waals surface area (Å²) in [6.07, 6.45) is 13.7. The fourth-order valence-corrected chi connectivity index (χ4v) is 4.62. The van der Waals surface area contributed by atoms with Gasteiger partial charge in [-0.1, -0.05) is 103 Å². The highest BCUT2D eigenvalue weighted by Gasteiger charge is 2.32. The van der Waals surface area contributed by atoms with Crippen LogP contribution in [0.2, 0.25) is 0 Å². The van der Waals surface area contributed by atoms with Crippen molar-refractivity contribution in [2.75, 3.05) is 0 Å². The molecule has 2 rings (SSSR count). The van der Waals surface area contributed by atoms with Gasteiger partial charge in [-0.15, -0.1) is 0 Å². The van der Waals surface area contributed by atoms with Crippen LogP contribution in [0.3, 0.4) is 0 Å². The summed E-state index contributed by atoms with van der Waals surface area (Å²) < 4.78 is 0. The van der Waals surface area contributed by atoms with Crippen molar-refractivity contribution in [2.45, 2.75) is 104 Å². The molecule has 1 heteroatoms. The molecule has 0 amide bonds. The van der Waals surface area contributed by atoms with Crippen LogP contribution < -0.4 is 0 Å². The zero-order valence-electron chi connectivity index (χ0n) is 19.3. The zero-order valence-corrected chi connectivity index (χ0v) is 19.3. The minimum Gasteiger partial charge on any atom is -0.508 e. The molecule has 2 aromatic carbocycles. The number of unbranched alkanes of at least 4 members (excludes halogenated alkanes) is 6. The molecule has 0 bridgehead atoms. The normalized spacial score (nSPS) is 13.4. The van der Waals surface area contributed by atoms with E-state index in [4.69, 9.17) is 0 Å². The van der Waals surface area contributed by atoms with Gasteiger partial charge in [0.05, 0.1) is 0 Å². The monoisotopic (exact) mass is 394 g/mol. The van der Waals surface area contributed by atoms with E-state index in [0.717, 1.165) is 18.4 Å². The summed E-state index contributed by atoms with van der Waals surface area (Å²) in [5.74, 6) is 0.419. The highest BCUT2D eigenvalue weighted by Crippen LogP contribution is 2.42. The zero-order chi connectivity index (χ0) is 21.1. The van der Waals surface area contributed by atoms with Crippen molar-refractivity contribution in [3.63, 3.8) is 0 Å². The summed E-state index contributed by atoms with van der Waals surface area (Å²) in [7, 11) is 0. The first-order valence-electron chi connectivity index (χ1n) is 12.0. The smallest absolute Gasteiger partial charge is 0.119 e. The number of phenols is 1. The Hall–Kier alpha value is -1.76. The highest BCUT2D eigenvalue weighted by molar-refractivity contribution is 5.50. The molecule has 0 radical (unpaired) electrons. The molecule has 0 saturated carbocycles. The summed E-state index contributed by atoms with van der Waals surface area (Å²) in [5.41, 5.74) is 5.40. The minimum atomic E-state index is -0.162. The molecule has 1 atom stereocenters. The van der Waals surface area contributed by atoms with Crippen molar-refractivity contribution >= 4 is 0 Å². The van der Waals surface area contributed by atoms with Crippen molar-refractivity contribution in [3.05, 3.63) is 64.7 Å². The number of phenolic OH excluding ortho intramolecular Hbond substituents is 1. The maximum atomic E-state index is 10.6. The van der Waals surface area contributed by atoms with Gasteiger partial charge in [-0.05, 0) is 54.9 Å². The van der Waals surface area contributed by atoms with Crippen LogP contribution in [0.5, 0.6) is 5.75 Å². The van der Waals surface area contributed by atoms with Gasteiger partial charge in [-0.3, -0.25) is 0 Å². The molecule has 1 N–H and O–H groups in total. The molecule has 160 valence electrons. The Morgan fingerprint density at radius 1 is 0.690 bits per heavy atom. The third-order valence-electron chi connectivity index (χ3n) is 6.65. The first kappa shape index (κ1) is 23.5. The molecule has 0 fully saturated rings. The van der Waals surface area contributed by atoms with E-state index < -0.39 is 0 Å². The lowest BCUT2D eigenvalue weighted by molar-refractivity contribution is 0.440. The molecule has 2 aromatic rings. The Morgan fingerprint density at radius 2 is 1.31 bits per heavy atom. The van der Waals surface area contributed by atoms with E-state index >= 15 is 0 Å². The number of aromatic hydroxyl groups is 1. The van der Waals surface area contributed by atoms with Crippen molar-refractivity contribution in [1.82, 2.24) is 0 Å². The molecule has 0 spiro atoms. The molecule has 0 aliphatic rings. The molecular weight excluding hydrogens is 352 g/mol. The second-order valence-electron chi connectivity index (χ2n) is 8.77. The number of rotatable bonds is 13. The van der Waals surface area contributed by atoms with Gasteiger partial charge < -0.3 is 5.11 Å². The molecule has 0 heterocycles. The maximum absolute atomic E-state index is 10.6. The number of para-hydroxylation sites is 1. The van der Waals surface area contributed by atoms with Gasteiger partial charge >= 0.3 is 0 Å². The van der Waals surface area contributed by atoms with Gasteiger partial charge in [0.25, 0.3) is 0 Å². The van der Waals surface area contributed by atoms with Crippen LogP contribution in [0.15, 0.2) is 42.5 Å². The van der Waals surface area contributed by atoms with Crippen molar-refractivity contribution in [1.29, 1.82) is 0 Å². The number of benzene rings is 2. The van der Waals surface area contributed by atoms with E-state index in [1.54, 1.807) is 5.56 Å². The lowest BCUT2D eigenvalue weighted by Gasteiger charge is -2.33. The summed E-state index contributed by atoms with van der Waals surface area (Å²) in [5, 5.41) is 10.6. The fraction of sp³-hybridized carbons (Fsp3) is 0.571. The predicted molar refractivity (Wildman–Crippen MR) is 127 cm³/mol. The predicted octanol–water partition coefficient (Wildman–Crippen LogP) is 8.35. The van der Waals surface area contributed by atoms with E-state index in [-0.39, 0.29) is 5.41 Å². The topological polar surface area (TPSA) is 20.2 Å². The van der Waals surface area contributed by atoms with E-state index in [1.165, 1.54) is 68.9 Å². The molecule has 0 aliphatic carbocycles. The highest BCUT2D eigenvalue weighted by atomic mass is 16.3. The van der Waals surface area contributed by atoms with E-state index in [9.17, 15) is 5.11 Å². The van der Waals surface area contributed by atoms with Crippen molar-refractivity contribution in [2.24, 2.45) is 0 Å². The second kappa shape index (κ2) is 12.1. The van der Waals surface area contributed by atoms with Crippen LogP contribution >= 0.6 is 0 Å². The van der Waals surface area contributed by atoms with Crippen LogP contribution in [-0.4, -0.2) is 5.11 Å². The Kier molecular flexibility index (Phi) is 9.78. The van der Waals surface area contributed by atoms with Gasteiger partial charge in [0.2, 0.25) is 0 Å². The third-order valence-corrected chi connectivity index (χ3v) is 6.65. The van der Waals surface area contributed by atoms with Gasteiger partial charge in [0, 0.05) is 11.0 Å². The van der Waals surface area contributed by atoms with Crippen LogP contribution in [0, 0.1) is 0 Å². The first-order valence-corrected chi connectivity index (χ1v) is 12.0. The lowest BCUT2D eigenvalue weighted by Crippen LogP contribution is -2.25. The average Bonchev–Trinajstić information content (AvgIpc) is 2.74. The van der Waals surface area contributed by atoms with Gasteiger partial charge in [-0.25, -0.2) is 0 Å². The largest absolute Gasteiger partial charge is 0.508 e. The quantitative estimate of drug-likeness (QED) is 0.338. The molecule has 1 unspecified atom stereocenters. The standard InChI is InChI=1S/C28H42O/c1-5-8-10-12-17-23-18-16-21-25(24(23)19-13-11-9-6-2)28(4,7-3)26-20-14-15-22-27(26)29/h14-16,18,20-22,29H,5-13,17,19H2,1-4H3. The number of aryl methyl sites for hydroxylation is 1. The second-order valence-corrected chi connectivity index (χ2v) is 8.77. The van der Waals surface area contributed by atoms with Crippen LogP contribution in [-0.2, 0) is 18.3 Å². The Labute approximate surface area is 179 Å². The summed E-state index contributed by atoms with van der Waals surface area (Å²) >= 11 is 0. The van der Waals surface area contributed by atoms with E-state index in [0.29, 0.717) is 5.75 Å². The lowest BCUT2D eigenvalue weighted by atomic mass is 9.70. The van der Waals surface area contributed by atoms with E-state index in [2.05, 4.69) is 58.0 Å². The molecule has 0 saturated heterocycles. The molecule has 29 heavy (non-hydrogen) atoms. The number of hydrogen-bond acceptors (Lipinski definition) is 1.